The van der Waals surface area contributed by atoms with E-state index in [1.54, 1.807) is 38.9 Å². The zero-order valence-corrected chi connectivity index (χ0v) is 14.3. The number of likely N-dealkylation sites (N-methyl/N-ethyl adjacent to an activating group) is 1. The maximum atomic E-state index is 12.4. The minimum Gasteiger partial charge on any atom is -0.345 e. The highest BCUT2D eigenvalue weighted by Crippen LogP contribution is 2.50. The second kappa shape index (κ2) is 8.52. The Labute approximate surface area is 127 Å². The topological polar surface area (TPSA) is 55.8 Å². The van der Waals surface area contributed by atoms with Gasteiger partial charge in [0.1, 0.15) is 0 Å². The van der Waals surface area contributed by atoms with E-state index in [0.29, 0.717) is 13.2 Å². The average Bonchev–Trinajstić information content (AvgIpc) is 2.45. The van der Waals surface area contributed by atoms with E-state index in [1.807, 2.05) is 0 Å². The highest BCUT2D eigenvalue weighted by atomic mass is 31.2. The molecule has 1 rings (SSSR count). The van der Waals surface area contributed by atoms with Gasteiger partial charge in [0.05, 0.1) is 13.2 Å². The molecule has 1 amide bonds. The van der Waals surface area contributed by atoms with Gasteiger partial charge in [-0.25, -0.2) is 0 Å². The van der Waals surface area contributed by atoms with Crippen LogP contribution in [0, 0.1) is 0 Å². The standard InChI is InChI=1S/C15H26NO4P/c1-5-19-21(18,20-6-2)12-11-13-9-7-8-10-14(13)15(17)16(3)4/h11-12H,5-10H2,1-4H3/b12-11+. The summed E-state index contributed by atoms with van der Waals surface area (Å²) in [5.74, 6) is 1.51. The molecule has 6 heteroatoms. The third-order valence-corrected chi connectivity index (χ3v) is 5.00. The van der Waals surface area contributed by atoms with Gasteiger partial charge in [-0.1, -0.05) is 6.08 Å². The van der Waals surface area contributed by atoms with Crippen molar-refractivity contribution in [3.63, 3.8) is 0 Å². The molecule has 0 fully saturated rings. The molecular formula is C15H26NO4P. The van der Waals surface area contributed by atoms with E-state index in [9.17, 15) is 9.36 Å². The van der Waals surface area contributed by atoms with E-state index >= 15 is 0 Å². The van der Waals surface area contributed by atoms with E-state index < -0.39 is 7.60 Å². The van der Waals surface area contributed by atoms with Crippen molar-refractivity contribution in [3.05, 3.63) is 23.0 Å². The Kier molecular flexibility index (Phi) is 7.36. The third kappa shape index (κ3) is 5.42. The Morgan fingerprint density at radius 2 is 1.76 bits per heavy atom. The summed E-state index contributed by atoms with van der Waals surface area (Å²) in [5, 5.41) is 0. The van der Waals surface area contributed by atoms with Gasteiger partial charge in [0.2, 0.25) is 5.91 Å². The Morgan fingerprint density at radius 1 is 1.19 bits per heavy atom. The lowest BCUT2D eigenvalue weighted by Crippen LogP contribution is -2.25. The predicted molar refractivity (Wildman–Crippen MR) is 84.2 cm³/mol. The zero-order chi connectivity index (χ0) is 15.9. The van der Waals surface area contributed by atoms with Crippen LogP contribution in [0.15, 0.2) is 23.0 Å². The van der Waals surface area contributed by atoms with Crippen LogP contribution in [0.3, 0.4) is 0 Å². The monoisotopic (exact) mass is 315 g/mol. The van der Waals surface area contributed by atoms with Crippen LogP contribution >= 0.6 is 7.60 Å². The molecule has 0 aromatic heterocycles. The summed E-state index contributed by atoms with van der Waals surface area (Å²) in [7, 11) is 0.287. The first-order valence-electron chi connectivity index (χ1n) is 7.45. The van der Waals surface area contributed by atoms with E-state index in [1.165, 1.54) is 5.82 Å². The van der Waals surface area contributed by atoms with Gasteiger partial charge in [-0.15, -0.1) is 0 Å². The molecule has 0 aliphatic heterocycles. The third-order valence-electron chi connectivity index (χ3n) is 3.25. The molecule has 0 atom stereocenters. The summed E-state index contributed by atoms with van der Waals surface area (Å²) < 4.78 is 22.9. The number of carbonyl (C=O) groups is 1. The second-order valence-electron chi connectivity index (χ2n) is 5.10. The van der Waals surface area contributed by atoms with Crippen molar-refractivity contribution < 1.29 is 18.4 Å². The van der Waals surface area contributed by atoms with Crippen molar-refractivity contribution in [2.45, 2.75) is 39.5 Å². The molecule has 0 saturated carbocycles. The van der Waals surface area contributed by atoms with Crippen molar-refractivity contribution in [2.75, 3.05) is 27.3 Å². The second-order valence-corrected chi connectivity index (χ2v) is 7.00. The number of carbonyl (C=O) groups excluding carboxylic acids is 1. The number of hydrogen-bond acceptors (Lipinski definition) is 4. The van der Waals surface area contributed by atoms with Gasteiger partial charge in [-0.2, -0.15) is 0 Å². The number of nitrogens with zero attached hydrogens (tertiary/aromatic N) is 1. The minimum atomic E-state index is -3.21. The van der Waals surface area contributed by atoms with Crippen LogP contribution in [0.1, 0.15) is 39.5 Å². The van der Waals surface area contributed by atoms with Gasteiger partial charge in [0.15, 0.2) is 0 Å². The van der Waals surface area contributed by atoms with Crippen LogP contribution in [-0.2, 0) is 18.4 Å². The summed E-state index contributed by atoms with van der Waals surface area (Å²) in [6.45, 7) is 4.20. The molecule has 120 valence electrons. The van der Waals surface area contributed by atoms with Crippen molar-refractivity contribution in [1.82, 2.24) is 4.90 Å². The molecule has 0 heterocycles. The molecule has 0 spiro atoms. The molecule has 1 aliphatic carbocycles. The Morgan fingerprint density at radius 3 is 2.29 bits per heavy atom. The molecule has 0 bridgehead atoms. The van der Waals surface area contributed by atoms with Crippen LogP contribution in [0.5, 0.6) is 0 Å². The first kappa shape index (κ1) is 18.1. The molecule has 0 N–H and O–H groups in total. The van der Waals surface area contributed by atoms with Gasteiger partial charge in [-0.05, 0) is 45.1 Å². The minimum absolute atomic E-state index is 0.0250. The Hall–Kier alpha value is -0.900. The summed E-state index contributed by atoms with van der Waals surface area (Å²) in [6.07, 6.45) is 5.40. The highest BCUT2D eigenvalue weighted by molar-refractivity contribution is 7.57. The summed E-state index contributed by atoms with van der Waals surface area (Å²) in [6, 6.07) is 0. The number of rotatable bonds is 7. The largest absolute Gasteiger partial charge is 0.354 e. The van der Waals surface area contributed by atoms with E-state index in [2.05, 4.69) is 0 Å². The molecule has 0 aromatic rings. The van der Waals surface area contributed by atoms with Gasteiger partial charge >= 0.3 is 7.60 Å². The maximum Gasteiger partial charge on any atom is 0.354 e. The van der Waals surface area contributed by atoms with E-state index in [4.69, 9.17) is 9.05 Å². The Bertz CT molecular complexity index is 458. The number of hydrogen-bond donors (Lipinski definition) is 0. The number of amides is 1. The van der Waals surface area contributed by atoms with Crippen LogP contribution < -0.4 is 0 Å². The SMILES string of the molecule is CCOP(=O)(/C=C/C1=C(C(=O)N(C)C)CCCC1)OCC. The molecule has 1 aliphatic rings. The maximum absolute atomic E-state index is 12.4. The van der Waals surface area contributed by atoms with Crippen molar-refractivity contribution in [1.29, 1.82) is 0 Å². The van der Waals surface area contributed by atoms with Crippen molar-refractivity contribution in [3.8, 4) is 0 Å². The first-order valence-corrected chi connectivity index (χ1v) is 9.06. The van der Waals surface area contributed by atoms with Gasteiger partial charge in [-0.3, -0.25) is 9.36 Å². The predicted octanol–water partition coefficient (Wildman–Crippen LogP) is 3.73. The van der Waals surface area contributed by atoms with E-state index in [0.717, 1.165) is 36.8 Å². The van der Waals surface area contributed by atoms with Crippen LogP contribution in [0.2, 0.25) is 0 Å². The van der Waals surface area contributed by atoms with Gasteiger partial charge in [0.25, 0.3) is 0 Å². The fourth-order valence-electron chi connectivity index (χ4n) is 2.29. The van der Waals surface area contributed by atoms with Crippen molar-refractivity contribution in [2.24, 2.45) is 0 Å². The summed E-state index contributed by atoms with van der Waals surface area (Å²) in [5.41, 5.74) is 1.75. The average molecular weight is 315 g/mol. The molecular weight excluding hydrogens is 289 g/mol. The summed E-state index contributed by atoms with van der Waals surface area (Å²) >= 11 is 0. The van der Waals surface area contributed by atoms with Crippen LogP contribution in [0.4, 0.5) is 0 Å². The van der Waals surface area contributed by atoms with Crippen LogP contribution in [0.25, 0.3) is 0 Å². The normalized spacial score (nSPS) is 16.6. The lowest BCUT2D eigenvalue weighted by molar-refractivity contribution is -0.125. The fourth-order valence-corrected chi connectivity index (χ4v) is 3.62. The van der Waals surface area contributed by atoms with Crippen molar-refractivity contribution >= 4 is 13.5 Å². The highest BCUT2D eigenvalue weighted by Gasteiger charge is 2.22. The molecule has 0 radical (unpaired) electrons. The molecule has 21 heavy (non-hydrogen) atoms. The number of allylic oxidation sites excluding steroid dienone is 2. The van der Waals surface area contributed by atoms with Crippen LogP contribution in [-0.4, -0.2) is 38.1 Å². The first-order chi connectivity index (χ1) is 9.93. The molecule has 0 aromatic carbocycles. The lowest BCUT2D eigenvalue weighted by Gasteiger charge is -2.21. The summed E-state index contributed by atoms with van der Waals surface area (Å²) in [4.78, 5) is 13.8. The fraction of sp³-hybridized carbons (Fsp3) is 0.667. The molecule has 0 unspecified atom stereocenters. The lowest BCUT2D eigenvalue weighted by atomic mass is 9.91. The van der Waals surface area contributed by atoms with Gasteiger partial charge < -0.3 is 13.9 Å². The Balaban J connectivity index is 3.01. The molecule has 0 saturated heterocycles. The molecule has 5 nitrogen and oxygen atoms in total. The van der Waals surface area contributed by atoms with E-state index in [-0.39, 0.29) is 5.91 Å². The van der Waals surface area contributed by atoms with Gasteiger partial charge in [0, 0.05) is 25.5 Å². The zero-order valence-electron chi connectivity index (χ0n) is 13.4. The quantitative estimate of drug-likeness (QED) is 0.672. The smallest absolute Gasteiger partial charge is 0.345 e.